The second-order valence-electron chi connectivity index (χ2n) is 1.02. The molecule has 44 valence electrons. The van der Waals surface area contributed by atoms with Crippen LogP contribution < -0.4 is 88.7 Å². The van der Waals surface area contributed by atoms with Gasteiger partial charge in [0.1, 0.15) is 6.10 Å². The number of hydrogen-bond donors (Lipinski definition) is 3. The summed E-state index contributed by atoms with van der Waals surface area (Å²) in [7, 11) is 0. The van der Waals surface area contributed by atoms with Gasteiger partial charge in [0.2, 0.25) is 0 Å². The maximum absolute atomic E-state index is 8.17. The van der Waals surface area contributed by atoms with Crippen LogP contribution in [0.2, 0.25) is 0 Å². The summed E-state index contributed by atoms with van der Waals surface area (Å²) < 4.78 is 0. The molecule has 0 aromatic rings. The van der Waals surface area contributed by atoms with Crippen molar-refractivity contribution in [2.24, 2.45) is 0 Å². The topological polar surface area (TPSA) is 60.7 Å². The fourth-order valence-corrected chi connectivity index (χ4v) is 0.0577. The Hall–Kier alpha value is 2.88. The van der Waals surface area contributed by atoms with Gasteiger partial charge in [0, 0.05) is 0 Å². The average Bonchev–Trinajstić information content (AvgIpc) is 1.65. The van der Waals surface area contributed by atoms with Gasteiger partial charge in [0.15, 0.2) is 0 Å². The van der Waals surface area contributed by atoms with Crippen molar-refractivity contribution in [2.45, 2.75) is 6.10 Å². The first kappa shape index (κ1) is 22.6. The molecule has 0 heterocycles. The van der Waals surface area contributed by atoms with Crippen molar-refractivity contribution in [3.05, 3.63) is 0 Å². The van der Waals surface area contributed by atoms with Gasteiger partial charge in [-0.05, 0) is 0 Å². The van der Waals surface area contributed by atoms with E-state index in [-0.39, 0.29) is 106 Å². The third-order valence-corrected chi connectivity index (χ3v) is 0.421. The van der Waals surface area contributed by atoms with Gasteiger partial charge in [-0.3, -0.25) is 0 Å². The van der Waals surface area contributed by atoms with Crippen LogP contribution >= 0.6 is 0 Å². The van der Waals surface area contributed by atoms with E-state index in [0.29, 0.717) is 0 Å². The molecule has 3 nitrogen and oxygen atoms in total. The fourth-order valence-electron chi connectivity index (χ4n) is 0.0577. The molecule has 0 spiro atoms. The molecule has 0 saturated carbocycles. The largest absolute Gasteiger partial charge is 1.00 e. The third-order valence-electron chi connectivity index (χ3n) is 0.421. The molecular formula is C3H11Na3O3. The van der Waals surface area contributed by atoms with Crippen LogP contribution in [0.3, 0.4) is 0 Å². The van der Waals surface area contributed by atoms with Crippen molar-refractivity contribution < 1.29 is 108 Å². The van der Waals surface area contributed by atoms with Gasteiger partial charge in [0.05, 0.1) is 13.2 Å². The van der Waals surface area contributed by atoms with Crippen LogP contribution in [0.5, 0.6) is 0 Å². The Balaban J connectivity index is -0.00000000833. The van der Waals surface area contributed by atoms with E-state index in [1.807, 2.05) is 0 Å². The molecule has 0 aromatic heterocycles. The predicted octanol–water partition coefficient (Wildman–Crippen LogP) is -10.3. The van der Waals surface area contributed by atoms with E-state index in [9.17, 15) is 0 Å². The van der Waals surface area contributed by atoms with E-state index in [1.54, 1.807) is 0 Å². The van der Waals surface area contributed by atoms with Gasteiger partial charge in [-0.25, -0.2) is 0 Å². The second-order valence-corrected chi connectivity index (χ2v) is 1.02. The van der Waals surface area contributed by atoms with Crippen LogP contribution in [0.4, 0.5) is 0 Å². The van der Waals surface area contributed by atoms with Crippen LogP contribution in [0.1, 0.15) is 4.28 Å². The summed E-state index contributed by atoms with van der Waals surface area (Å²) in [5.74, 6) is 0. The molecule has 0 saturated heterocycles. The molecule has 0 aliphatic heterocycles. The zero-order valence-corrected chi connectivity index (χ0v) is 12.3. The summed E-state index contributed by atoms with van der Waals surface area (Å²) in [4.78, 5) is 0. The molecule has 0 aliphatic carbocycles. The van der Waals surface area contributed by atoms with Crippen LogP contribution in [0, 0.1) is 0 Å². The van der Waals surface area contributed by atoms with Crippen LogP contribution in [0.25, 0.3) is 0 Å². The minimum atomic E-state index is -0.954. The first-order chi connectivity index (χ1) is 2.81. The minimum absolute atomic E-state index is 0. The van der Waals surface area contributed by atoms with Gasteiger partial charge in [-0.15, -0.1) is 0 Å². The summed E-state index contributed by atoms with van der Waals surface area (Å²) >= 11 is 0. The van der Waals surface area contributed by atoms with Gasteiger partial charge >= 0.3 is 88.7 Å². The van der Waals surface area contributed by atoms with Crippen molar-refractivity contribution in [3.8, 4) is 0 Å². The smallest absolute Gasteiger partial charge is 1.00 e. The molecule has 0 aliphatic rings. The molecule has 0 unspecified atom stereocenters. The molecule has 6 heteroatoms. The first-order valence-corrected chi connectivity index (χ1v) is 1.71. The van der Waals surface area contributed by atoms with E-state index < -0.39 is 6.10 Å². The summed E-state index contributed by atoms with van der Waals surface area (Å²) in [5.41, 5.74) is 0. The summed E-state index contributed by atoms with van der Waals surface area (Å²) in [6, 6.07) is 0. The Labute approximate surface area is 126 Å². The maximum atomic E-state index is 8.17. The molecule has 3 N–H and O–H groups in total. The number of rotatable bonds is 2. The van der Waals surface area contributed by atoms with E-state index in [4.69, 9.17) is 15.3 Å². The van der Waals surface area contributed by atoms with E-state index in [2.05, 4.69) is 0 Å². The number of hydrogen-bond acceptors (Lipinski definition) is 3. The summed E-state index contributed by atoms with van der Waals surface area (Å²) in [6.07, 6.45) is -0.954. The molecule has 9 heavy (non-hydrogen) atoms. The van der Waals surface area contributed by atoms with Crippen molar-refractivity contribution >= 4 is 0 Å². The average molecular weight is 164 g/mol. The van der Waals surface area contributed by atoms with E-state index >= 15 is 0 Å². The molecule has 0 rings (SSSR count). The third kappa shape index (κ3) is 18.1. The Morgan fingerprint density at radius 1 is 1.00 bits per heavy atom. The molecule has 0 fully saturated rings. The standard InChI is InChI=1S/C3H8O3.3Na.3H/c4-1-3(6)2-5;;;;;;/h3-6H,1-2H2;;;;;;/q;3*+1;3*-1. The molecular weight excluding hydrogens is 153 g/mol. The van der Waals surface area contributed by atoms with Crippen LogP contribution in [-0.4, -0.2) is 34.6 Å². The summed E-state index contributed by atoms with van der Waals surface area (Å²) in [5, 5.41) is 24.0. The van der Waals surface area contributed by atoms with E-state index in [0.717, 1.165) is 0 Å². The SMILES string of the molecule is OCC(O)CO.[H-].[H-].[H-].[Na+].[Na+].[Na+]. The number of aliphatic hydroxyl groups is 3. The maximum Gasteiger partial charge on any atom is 1.00 e. The molecule has 0 aromatic carbocycles. The van der Waals surface area contributed by atoms with Gasteiger partial charge in [-0.1, -0.05) is 0 Å². The predicted molar refractivity (Wildman–Crippen MR) is 23.5 cm³/mol. The number of aliphatic hydroxyl groups excluding tert-OH is 3. The van der Waals surface area contributed by atoms with Crippen molar-refractivity contribution in [3.63, 3.8) is 0 Å². The first-order valence-electron chi connectivity index (χ1n) is 1.71. The zero-order valence-electron chi connectivity index (χ0n) is 9.33. The normalized spacial score (nSPS) is 6.67. The van der Waals surface area contributed by atoms with Gasteiger partial charge in [-0.2, -0.15) is 0 Å². The Morgan fingerprint density at radius 2 is 1.22 bits per heavy atom. The Kier molecular flexibility index (Phi) is 43.0. The fraction of sp³-hybridized carbons (Fsp3) is 1.00. The van der Waals surface area contributed by atoms with Gasteiger partial charge in [0.25, 0.3) is 0 Å². The molecule has 0 atom stereocenters. The van der Waals surface area contributed by atoms with Crippen molar-refractivity contribution in [2.75, 3.05) is 13.2 Å². The zero-order chi connectivity index (χ0) is 4.99. The summed E-state index contributed by atoms with van der Waals surface area (Å²) in [6.45, 7) is -0.729. The van der Waals surface area contributed by atoms with Crippen molar-refractivity contribution in [1.29, 1.82) is 0 Å². The van der Waals surface area contributed by atoms with Crippen LogP contribution in [0.15, 0.2) is 0 Å². The Bertz CT molecular complexity index is 43.2. The molecule has 0 radical (unpaired) electrons. The van der Waals surface area contributed by atoms with Gasteiger partial charge < -0.3 is 19.6 Å². The van der Waals surface area contributed by atoms with Crippen LogP contribution in [-0.2, 0) is 0 Å². The molecule has 0 amide bonds. The van der Waals surface area contributed by atoms with Crippen molar-refractivity contribution in [1.82, 2.24) is 0 Å². The quantitative estimate of drug-likeness (QED) is 0.355. The monoisotopic (exact) mass is 164 g/mol. The van der Waals surface area contributed by atoms with E-state index in [1.165, 1.54) is 0 Å². The second kappa shape index (κ2) is 17.1. The molecule has 0 bridgehead atoms. The minimum Gasteiger partial charge on any atom is -1.00 e. The Morgan fingerprint density at radius 3 is 1.22 bits per heavy atom.